The summed E-state index contributed by atoms with van der Waals surface area (Å²) in [5, 5.41) is 0.693. The van der Waals surface area contributed by atoms with Gasteiger partial charge >= 0.3 is 5.97 Å². The van der Waals surface area contributed by atoms with Crippen molar-refractivity contribution in [3.63, 3.8) is 0 Å². The maximum absolute atomic E-state index is 12.4. The molecule has 0 amide bonds. The van der Waals surface area contributed by atoms with Crippen molar-refractivity contribution in [1.82, 2.24) is 4.98 Å². The van der Waals surface area contributed by atoms with Crippen LogP contribution in [0.1, 0.15) is 33.4 Å². The highest BCUT2D eigenvalue weighted by Crippen LogP contribution is 2.30. The fourth-order valence-corrected chi connectivity index (χ4v) is 4.38. The Bertz CT molecular complexity index is 1120. The lowest BCUT2D eigenvalue weighted by atomic mass is 9.91. The van der Waals surface area contributed by atoms with Gasteiger partial charge in [-0.3, -0.25) is 14.8 Å². The summed E-state index contributed by atoms with van der Waals surface area (Å²) in [7, 11) is 0. The molecule has 1 aromatic heterocycles. The maximum Gasteiger partial charge on any atom is 0.310 e. The van der Waals surface area contributed by atoms with Gasteiger partial charge in [-0.2, -0.15) is 0 Å². The number of hydrogen-bond acceptors (Lipinski definition) is 4. The molecule has 1 unspecified atom stereocenters. The topological polar surface area (TPSA) is 51.5 Å². The smallest absolute Gasteiger partial charge is 0.310 e. The molecule has 1 atom stereocenters. The Hall–Kier alpha value is -2.98. The molecule has 2 aliphatic heterocycles. The SMILES string of the molecule is O=C1Cc2cc3c(cc2CC(Cc2cccc(Cl)c2)O1)C(c1ccncc1)=NC3. The van der Waals surface area contributed by atoms with Crippen molar-refractivity contribution in [2.45, 2.75) is 31.9 Å². The van der Waals surface area contributed by atoms with Crippen LogP contribution < -0.4 is 0 Å². The average Bonchev–Trinajstić information content (AvgIpc) is 3.04. The Morgan fingerprint density at radius 2 is 1.90 bits per heavy atom. The van der Waals surface area contributed by atoms with E-state index in [1.807, 2.05) is 36.4 Å². The van der Waals surface area contributed by atoms with Crippen LogP contribution in [-0.2, 0) is 35.3 Å². The largest absolute Gasteiger partial charge is 0.461 e. The summed E-state index contributed by atoms with van der Waals surface area (Å²) in [6.07, 6.45) is 5.00. The zero-order valence-corrected chi connectivity index (χ0v) is 16.5. The molecular formula is C24H19ClN2O2. The zero-order chi connectivity index (χ0) is 19.8. The van der Waals surface area contributed by atoms with Crippen LogP contribution in [-0.4, -0.2) is 22.8 Å². The van der Waals surface area contributed by atoms with Crippen LogP contribution in [0.4, 0.5) is 0 Å². The quantitative estimate of drug-likeness (QED) is 0.612. The van der Waals surface area contributed by atoms with E-state index in [1.54, 1.807) is 12.4 Å². The first-order valence-electron chi connectivity index (χ1n) is 9.69. The van der Waals surface area contributed by atoms with Crippen LogP contribution >= 0.6 is 11.6 Å². The van der Waals surface area contributed by atoms with E-state index in [2.05, 4.69) is 17.1 Å². The second-order valence-electron chi connectivity index (χ2n) is 7.51. The molecular weight excluding hydrogens is 384 g/mol. The molecule has 0 spiro atoms. The van der Waals surface area contributed by atoms with Gasteiger partial charge in [0.15, 0.2) is 0 Å². The average molecular weight is 403 g/mol. The number of halogens is 1. The van der Waals surface area contributed by atoms with Gasteiger partial charge in [0.1, 0.15) is 6.10 Å². The minimum atomic E-state index is -0.206. The third-order valence-corrected chi connectivity index (χ3v) is 5.71. The molecule has 0 bridgehead atoms. The van der Waals surface area contributed by atoms with Crippen molar-refractivity contribution in [1.29, 1.82) is 0 Å². The van der Waals surface area contributed by atoms with Crippen LogP contribution in [0.25, 0.3) is 0 Å². The summed E-state index contributed by atoms with van der Waals surface area (Å²) in [6.45, 7) is 0.640. The van der Waals surface area contributed by atoms with Crippen molar-refractivity contribution in [2.75, 3.05) is 0 Å². The van der Waals surface area contributed by atoms with Crippen molar-refractivity contribution in [3.8, 4) is 0 Å². The minimum absolute atomic E-state index is 0.177. The third kappa shape index (κ3) is 3.68. The number of esters is 1. The summed E-state index contributed by atoms with van der Waals surface area (Å²) in [6, 6.07) is 16.0. The molecule has 0 N–H and O–H groups in total. The van der Waals surface area contributed by atoms with E-state index in [-0.39, 0.29) is 12.1 Å². The van der Waals surface area contributed by atoms with Gasteiger partial charge in [0.25, 0.3) is 0 Å². The molecule has 144 valence electrons. The Balaban J connectivity index is 1.47. The van der Waals surface area contributed by atoms with Gasteiger partial charge in [0.05, 0.1) is 18.7 Å². The normalized spacial score (nSPS) is 17.8. The molecule has 4 nitrogen and oxygen atoms in total. The van der Waals surface area contributed by atoms with E-state index in [4.69, 9.17) is 21.3 Å². The van der Waals surface area contributed by atoms with Crippen molar-refractivity contribution in [2.24, 2.45) is 4.99 Å². The van der Waals surface area contributed by atoms with Crippen molar-refractivity contribution < 1.29 is 9.53 Å². The molecule has 5 rings (SSSR count). The van der Waals surface area contributed by atoms with E-state index in [0.717, 1.165) is 39.1 Å². The molecule has 2 aromatic carbocycles. The van der Waals surface area contributed by atoms with Crippen LogP contribution in [0.3, 0.4) is 0 Å². The molecule has 0 saturated carbocycles. The molecule has 3 heterocycles. The van der Waals surface area contributed by atoms with E-state index in [9.17, 15) is 4.79 Å². The maximum atomic E-state index is 12.4. The van der Waals surface area contributed by atoms with E-state index < -0.39 is 0 Å². The lowest BCUT2D eigenvalue weighted by Crippen LogP contribution is -2.21. The lowest BCUT2D eigenvalue weighted by molar-refractivity contribution is -0.147. The first-order valence-corrected chi connectivity index (χ1v) is 10.1. The predicted molar refractivity (Wildman–Crippen MR) is 112 cm³/mol. The number of carbonyl (C=O) groups excluding carboxylic acids is 1. The number of carbonyl (C=O) groups is 1. The number of hydrogen-bond donors (Lipinski definition) is 0. The van der Waals surface area contributed by atoms with E-state index in [1.165, 1.54) is 0 Å². The molecule has 29 heavy (non-hydrogen) atoms. The number of aromatic nitrogens is 1. The first-order chi connectivity index (χ1) is 14.2. The molecule has 2 aliphatic rings. The summed E-state index contributed by atoms with van der Waals surface area (Å²) in [5.41, 5.74) is 7.64. The van der Waals surface area contributed by atoms with Crippen LogP contribution in [0.2, 0.25) is 5.02 Å². The highest BCUT2D eigenvalue weighted by molar-refractivity contribution is 6.30. The Labute approximate surface area is 174 Å². The van der Waals surface area contributed by atoms with Gasteiger partial charge in [0.2, 0.25) is 0 Å². The highest BCUT2D eigenvalue weighted by atomic mass is 35.5. The first kappa shape index (κ1) is 18.1. The monoisotopic (exact) mass is 402 g/mol. The molecule has 0 aliphatic carbocycles. The van der Waals surface area contributed by atoms with Gasteiger partial charge in [-0.05, 0) is 52.6 Å². The summed E-state index contributed by atoms with van der Waals surface area (Å²) in [5.74, 6) is -0.177. The molecule has 3 aromatic rings. The summed E-state index contributed by atoms with van der Waals surface area (Å²) in [4.78, 5) is 21.3. The number of cyclic esters (lactones) is 1. The second kappa shape index (κ2) is 7.45. The van der Waals surface area contributed by atoms with Gasteiger partial charge < -0.3 is 4.74 Å². The minimum Gasteiger partial charge on any atom is -0.461 e. The number of nitrogens with zero attached hydrogens (tertiary/aromatic N) is 2. The van der Waals surface area contributed by atoms with Crippen molar-refractivity contribution in [3.05, 3.63) is 99.3 Å². The van der Waals surface area contributed by atoms with Crippen LogP contribution in [0.15, 0.2) is 65.9 Å². The Kier molecular flexibility index (Phi) is 4.64. The lowest BCUT2D eigenvalue weighted by Gasteiger charge is -2.16. The number of benzene rings is 2. The van der Waals surface area contributed by atoms with Gasteiger partial charge in [-0.15, -0.1) is 0 Å². The second-order valence-corrected chi connectivity index (χ2v) is 7.94. The summed E-state index contributed by atoms with van der Waals surface area (Å²) < 4.78 is 5.76. The van der Waals surface area contributed by atoms with Gasteiger partial charge in [0, 0.05) is 41.4 Å². The Morgan fingerprint density at radius 3 is 2.72 bits per heavy atom. The number of fused-ring (bicyclic) bond motifs is 2. The zero-order valence-electron chi connectivity index (χ0n) is 15.8. The molecule has 0 fully saturated rings. The molecule has 0 saturated heterocycles. The molecule has 5 heteroatoms. The van der Waals surface area contributed by atoms with Gasteiger partial charge in [-0.25, -0.2) is 0 Å². The Morgan fingerprint density at radius 1 is 1.03 bits per heavy atom. The number of rotatable bonds is 3. The van der Waals surface area contributed by atoms with E-state index >= 15 is 0 Å². The standard InChI is InChI=1S/C24H19ClN2O2/c25-20-3-1-2-15(8-20)9-21-11-18-12-22-19(10-17(18)13-23(28)29-21)14-27-24(22)16-4-6-26-7-5-16/h1-8,10,12,21H,9,11,13-14H2. The fourth-order valence-electron chi connectivity index (χ4n) is 4.16. The van der Waals surface area contributed by atoms with E-state index in [0.29, 0.717) is 30.8 Å². The fraction of sp³-hybridized carbons (Fsp3) is 0.208. The summed E-state index contributed by atoms with van der Waals surface area (Å²) >= 11 is 6.12. The number of pyridine rings is 1. The van der Waals surface area contributed by atoms with Gasteiger partial charge in [-0.1, -0.05) is 29.8 Å². The third-order valence-electron chi connectivity index (χ3n) is 5.47. The van der Waals surface area contributed by atoms with Crippen molar-refractivity contribution >= 4 is 23.3 Å². The predicted octanol–water partition coefficient (Wildman–Crippen LogP) is 4.34. The number of aliphatic imine (C=N–C) groups is 1. The van der Waals surface area contributed by atoms with Crippen LogP contribution in [0.5, 0.6) is 0 Å². The molecule has 0 radical (unpaired) electrons. The highest BCUT2D eigenvalue weighted by Gasteiger charge is 2.27. The number of ether oxygens (including phenoxy) is 1. The van der Waals surface area contributed by atoms with Crippen LogP contribution in [0, 0.1) is 0 Å².